The summed E-state index contributed by atoms with van der Waals surface area (Å²) in [6.45, 7) is -1.07. The normalized spacial score (nSPS) is 20.4. The van der Waals surface area contributed by atoms with Gasteiger partial charge in [-0.1, -0.05) is 24.3 Å². The van der Waals surface area contributed by atoms with E-state index in [0.717, 1.165) is 12.1 Å². The molecular formula is C26H26F11NO3. The Morgan fingerprint density at radius 1 is 0.805 bits per heavy atom. The Kier molecular flexibility index (Phi) is 10.0. The molecule has 41 heavy (non-hydrogen) atoms. The molecule has 0 aromatic heterocycles. The van der Waals surface area contributed by atoms with Gasteiger partial charge in [-0.3, -0.25) is 0 Å². The second-order valence-corrected chi connectivity index (χ2v) is 9.73. The largest absolute Gasteiger partial charge is 0.573 e. The van der Waals surface area contributed by atoms with Gasteiger partial charge in [0.1, 0.15) is 18.1 Å². The van der Waals surface area contributed by atoms with Gasteiger partial charge in [-0.05, 0) is 67.0 Å². The van der Waals surface area contributed by atoms with Gasteiger partial charge >= 0.3 is 24.6 Å². The third kappa shape index (κ3) is 9.09. The van der Waals surface area contributed by atoms with Crippen LogP contribution in [0.25, 0.3) is 0 Å². The zero-order chi connectivity index (χ0) is 30.6. The fourth-order valence-corrected chi connectivity index (χ4v) is 4.71. The van der Waals surface area contributed by atoms with Crippen molar-refractivity contribution in [1.82, 2.24) is 5.32 Å². The SMILES string of the molecule is OC(CNC(c1cccc(OCc2ccc(OC(F)(F)F)cc2)c1)C1CCC(C(F)(F)C(F)(F)F)CC1)C(F)(F)F. The summed E-state index contributed by atoms with van der Waals surface area (Å²) in [5, 5.41) is 12.0. The molecule has 0 bridgehead atoms. The van der Waals surface area contributed by atoms with Crippen LogP contribution in [0.3, 0.4) is 0 Å². The minimum absolute atomic E-state index is 0.113. The zero-order valence-electron chi connectivity index (χ0n) is 21.1. The third-order valence-corrected chi connectivity index (χ3v) is 6.82. The van der Waals surface area contributed by atoms with Gasteiger partial charge in [0.2, 0.25) is 0 Å². The molecule has 1 aliphatic rings. The van der Waals surface area contributed by atoms with E-state index in [0.29, 0.717) is 11.1 Å². The smallest absolute Gasteiger partial charge is 0.489 e. The van der Waals surface area contributed by atoms with Crippen LogP contribution in [0.2, 0.25) is 0 Å². The molecule has 0 heterocycles. The summed E-state index contributed by atoms with van der Waals surface area (Å²) in [5.41, 5.74) is 0.800. The fourth-order valence-electron chi connectivity index (χ4n) is 4.71. The molecule has 0 radical (unpaired) electrons. The number of rotatable bonds is 10. The first-order valence-electron chi connectivity index (χ1n) is 12.4. The summed E-state index contributed by atoms with van der Waals surface area (Å²) in [6, 6.07) is 9.77. The summed E-state index contributed by atoms with van der Waals surface area (Å²) in [6.07, 6.45) is -19.6. The van der Waals surface area contributed by atoms with Gasteiger partial charge in [0.25, 0.3) is 0 Å². The van der Waals surface area contributed by atoms with Gasteiger partial charge in [0, 0.05) is 18.5 Å². The molecule has 2 N–H and O–H groups in total. The summed E-state index contributed by atoms with van der Waals surface area (Å²) in [4.78, 5) is 0. The molecule has 3 rings (SSSR count). The maximum absolute atomic E-state index is 13.9. The number of benzene rings is 2. The summed E-state index contributed by atoms with van der Waals surface area (Å²) in [7, 11) is 0. The van der Waals surface area contributed by atoms with Crippen LogP contribution in [0.4, 0.5) is 48.3 Å². The van der Waals surface area contributed by atoms with Crippen molar-refractivity contribution in [2.75, 3.05) is 6.54 Å². The Bertz CT molecular complexity index is 1110. The van der Waals surface area contributed by atoms with Crippen LogP contribution in [-0.4, -0.2) is 42.4 Å². The van der Waals surface area contributed by atoms with E-state index >= 15 is 0 Å². The molecule has 230 valence electrons. The molecular weight excluding hydrogens is 583 g/mol. The second-order valence-electron chi connectivity index (χ2n) is 9.73. The predicted octanol–water partition coefficient (Wildman–Crippen LogP) is 7.72. The number of aliphatic hydroxyl groups excluding tert-OH is 1. The van der Waals surface area contributed by atoms with Gasteiger partial charge in [-0.25, -0.2) is 0 Å². The number of aliphatic hydroxyl groups is 1. The summed E-state index contributed by atoms with van der Waals surface area (Å²) in [5.74, 6) is -7.74. The van der Waals surface area contributed by atoms with E-state index in [9.17, 15) is 53.4 Å². The van der Waals surface area contributed by atoms with E-state index in [1.807, 2.05) is 0 Å². The molecule has 2 aromatic rings. The molecule has 1 saturated carbocycles. The van der Waals surface area contributed by atoms with E-state index in [1.165, 1.54) is 36.4 Å². The maximum atomic E-state index is 13.9. The van der Waals surface area contributed by atoms with E-state index in [-0.39, 0.29) is 25.2 Å². The van der Waals surface area contributed by atoms with Crippen LogP contribution in [0.1, 0.15) is 42.9 Å². The minimum atomic E-state index is -5.73. The van der Waals surface area contributed by atoms with Gasteiger partial charge < -0.3 is 19.9 Å². The minimum Gasteiger partial charge on any atom is -0.489 e. The van der Waals surface area contributed by atoms with Crippen LogP contribution in [0.15, 0.2) is 48.5 Å². The lowest BCUT2D eigenvalue weighted by Crippen LogP contribution is -2.46. The Balaban J connectivity index is 1.73. The van der Waals surface area contributed by atoms with E-state index < -0.39 is 73.8 Å². The Morgan fingerprint density at radius 3 is 1.95 bits per heavy atom. The molecule has 0 spiro atoms. The van der Waals surface area contributed by atoms with Crippen molar-refractivity contribution >= 4 is 0 Å². The highest BCUT2D eigenvalue weighted by atomic mass is 19.4. The molecule has 2 atom stereocenters. The predicted molar refractivity (Wildman–Crippen MR) is 123 cm³/mol. The molecule has 2 unspecified atom stereocenters. The number of hydrogen-bond acceptors (Lipinski definition) is 4. The molecule has 2 aromatic carbocycles. The van der Waals surface area contributed by atoms with E-state index in [1.54, 1.807) is 0 Å². The summed E-state index contributed by atoms with van der Waals surface area (Å²) < 4.78 is 151. The van der Waals surface area contributed by atoms with Crippen LogP contribution >= 0.6 is 0 Å². The van der Waals surface area contributed by atoms with Crippen molar-refractivity contribution in [3.8, 4) is 11.5 Å². The van der Waals surface area contributed by atoms with Gasteiger partial charge in [0.15, 0.2) is 6.10 Å². The molecule has 15 heteroatoms. The van der Waals surface area contributed by atoms with Crippen LogP contribution in [-0.2, 0) is 6.61 Å². The lowest BCUT2D eigenvalue weighted by atomic mass is 9.74. The first-order valence-corrected chi connectivity index (χ1v) is 12.4. The van der Waals surface area contributed by atoms with Gasteiger partial charge in [0.05, 0.1) is 0 Å². The average Bonchev–Trinajstić information content (AvgIpc) is 2.87. The Labute approximate surface area is 227 Å². The number of ether oxygens (including phenoxy) is 2. The van der Waals surface area contributed by atoms with Gasteiger partial charge in [-0.15, -0.1) is 13.2 Å². The highest BCUT2D eigenvalue weighted by molar-refractivity contribution is 5.32. The average molecular weight is 609 g/mol. The van der Waals surface area contributed by atoms with Crippen LogP contribution in [0.5, 0.6) is 11.5 Å². The van der Waals surface area contributed by atoms with Crippen molar-refractivity contribution < 1.29 is 62.9 Å². The van der Waals surface area contributed by atoms with Crippen molar-refractivity contribution in [1.29, 1.82) is 0 Å². The van der Waals surface area contributed by atoms with Crippen LogP contribution < -0.4 is 14.8 Å². The zero-order valence-corrected chi connectivity index (χ0v) is 21.1. The van der Waals surface area contributed by atoms with Gasteiger partial charge in [-0.2, -0.15) is 35.1 Å². The van der Waals surface area contributed by atoms with Crippen molar-refractivity contribution in [3.05, 3.63) is 59.7 Å². The molecule has 1 aliphatic carbocycles. The van der Waals surface area contributed by atoms with Crippen molar-refractivity contribution in [3.63, 3.8) is 0 Å². The highest BCUT2D eigenvalue weighted by Crippen LogP contribution is 2.49. The number of hydrogen-bond donors (Lipinski definition) is 2. The molecule has 0 aliphatic heterocycles. The first kappa shape index (κ1) is 32.7. The Hall–Kier alpha value is -2.81. The lowest BCUT2D eigenvalue weighted by Gasteiger charge is -2.38. The molecule has 0 amide bonds. The topological polar surface area (TPSA) is 50.7 Å². The fraction of sp³-hybridized carbons (Fsp3) is 0.538. The standard InChI is InChI=1S/C26H26F11NO3/c27-23(28,25(32,33)34)18-8-6-16(7-9-18)22(38-13-21(39)24(29,30)31)17-2-1-3-20(12-17)40-14-15-4-10-19(11-5-15)41-26(35,36)37/h1-5,10-12,16,18,21-22,38-39H,6-9,13-14H2. The van der Waals surface area contributed by atoms with Crippen molar-refractivity contribution in [2.45, 2.75) is 69.1 Å². The van der Waals surface area contributed by atoms with E-state index in [2.05, 4.69) is 10.1 Å². The first-order chi connectivity index (χ1) is 18.9. The maximum Gasteiger partial charge on any atom is 0.573 e. The number of halogens is 11. The highest BCUT2D eigenvalue weighted by Gasteiger charge is 2.62. The molecule has 1 fully saturated rings. The Morgan fingerprint density at radius 2 is 1.41 bits per heavy atom. The monoisotopic (exact) mass is 609 g/mol. The summed E-state index contributed by atoms with van der Waals surface area (Å²) >= 11 is 0. The number of nitrogens with one attached hydrogen (secondary N) is 1. The molecule has 0 saturated heterocycles. The quantitative estimate of drug-likeness (QED) is 0.271. The third-order valence-electron chi connectivity index (χ3n) is 6.82. The van der Waals surface area contributed by atoms with Crippen LogP contribution in [0, 0.1) is 11.8 Å². The lowest BCUT2D eigenvalue weighted by molar-refractivity contribution is -0.306. The van der Waals surface area contributed by atoms with E-state index in [4.69, 9.17) is 4.74 Å². The van der Waals surface area contributed by atoms with Crippen molar-refractivity contribution in [2.24, 2.45) is 11.8 Å². The number of alkyl halides is 11. The second kappa shape index (κ2) is 12.6. The molecule has 4 nitrogen and oxygen atoms in total.